The van der Waals surface area contributed by atoms with Gasteiger partial charge in [-0.2, -0.15) is 0 Å². The summed E-state index contributed by atoms with van der Waals surface area (Å²) in [7, 11) is -0.839. The van der Waals surface area contributed by atoms with E-state index in [0.29, 0.717) is 12.2 Å². The average molecular weight is 244 g/mol. The van der Waals surface area contributed by atoms with Crippen molar-refractivity contribution in [3.8, 4) is 0 Å². The molecule has 0 spiro atoms. The van der Waals surface area contributed by atoms with Gasteiger partial charge in [-0.3, -0.25) is 0 Å². The lowest BCUT2D eigenvalue weighted by atomic mass is 10.2. The minimum atomic E-state index is -0.839. The molecule has 0 heterocycles. The Bertz CT molecular complexity index is 214. The second-order valence-electron chi connectivity index (χ2n) is 4.25. The Kier molecular flexibility index (Phi) is 9.23. The fourth-order valence-electron chi connectivity index (χ4n) is 1.16. The van der Waals surface area contributed by atoms with E-state index in [1.54, 1.807) is 6.92 Å². The van der Waals surface area contributed by atoms with Gasteiger partial charge in [0.25, 0.3) is 0 Å². The molecular formula is C12H24O3Si. The van der Waals surface area contributed by atoms with E-state index >= 15 is 0 Å². The quantitative estimate of drug-likeness (QED) is 0.271. The van der Waals surface area contributed by atoms with Gasteiger partial charge in [-0.25, -0.2) is 4.79 Å². The molecule has 0 aromatic carbocycles. The number of esters is 1. The number of hydrogen-bond donors (Lipinski definition) is 0. The van der Waals surface area contributed by atoms with Crippen LogP contribution in [0.3, 0.4) is 0 Å². The standard InChI is InChI=1S/C12H24O3Si/c1-11(2)12(13)14-9-7-5-6-8-10-15-16(3)4/h16H,1,5-10H2,2-4H3. The predicted molar refractivity (Wildman–Crippen MR) is 69.1 cm³/mol. The highest BCUT2D eigenvalue weighted by atomic mass is 28.3. The molecule has 94 valence electrons. The predicted octanol–water partition coefficient (Wildman–Crippen LogP) is 2.67. The SMILES string of the molecule is C=C(C)C(=O)OCCCCCCO[SiH](C)C. The van der Waals surface area contributed by atoms with Crippen LogP contribution in [0.15, 0.2) is 12.2 Å². The van der Waals surface area contributed by atoms with Gasteiger partial charge in [-0.15, -0.1) is 0 Å². The molecule has 0 aliphatic heterocycles. The summed E-state index contributed by atoms with van der Waals surface area (Å²) in [4.78, 5) is 11.0. The first-order chi connectivity index (χ1) is 7.54. The summed E-state index contributed by atoms with van der Waals surface area (Å²) in [5.74, 6) is -0.283. The highest BCUT2D eigenvalue weighted by molar-refractivity contribution is 6.48. The summed E-state index contributed by atoms with van der Waals surface area (Å²) in [6.45, 7) is 10.9. The number of unbranched alkanes of at least 4 members (excludes halogenated alkanes) is 3. The van der Waals surface area contributed by atoms with Gasteiger partial charge in [0.1, 0.15) is 0 Å². The van der Waals surface area contributed by atoms with Crippen molar-refractivity contribution in [3.05, 3.63) is 12.2 Å². The van der Waals surface area contributed by atoms with E-state index < -0.39 is 9.04 Å². The van der Waals surface area contributed by atoms with Gasteiger partial charge in [0.2, 0.25) is 0 Å². The van der Waals surface area contributed by atoms with Gasteiger partial charge in [0.15, 0.2) is 9.04 Å². The van der Waals surface area contributed by atoms with E-state index in [4.69, 9.17) is 9.16 Å². The number of rotatable bonds is 9. The lowest BCUT2D eigenvalue weighted by Gasteiger charge is -2.06. The molecule has 0 aromatic heterocycles. The second-order valence-corrected chi connectivity index (χ2v) is 6.68. The summed E-state index contributed by atoms with van der Waals surface area (Å²) in [5, 5.41) is 0. The van der Waals surface area contributed by atoms with E-state index in [-0.39, 0.29) is 5.97 Å². The normalized spacial score (nSPS) is 10.5. The Morgan fingerprint density at radius 2 is 1.69 bits per heavy atom. The largest absolute Gasteiger partial charge is 0.462 e. The molecule has 4 heteroatoms. The molecule has 0 aromatic rings. The molecular weight excluding hydrogens is 220 g/mol. The van der Waals surface area contributed by atoms with Crippen LogP contribution in [0.4, 0.5) is 0 Å². The van der Waals surface area contributed by atoms with Crippen LogP contribution in [0.2, 0.25) is 13.1 Å². The van der Waals surface area contributed by atoms with Crippen LogP contribution in [0.5, 0.6) is 0 Å². The maximum Gasteiger partial charge on any atom is 0.333 e. The smallest absolute Gasteiger partial charge is 0.333 e. The van der Waals surface area contributed by atoms with E-state index in [9.17, 15) is 4.79 Å². The monoisotopic (exact) mass is 244 g/mol. The van der Waals surface area contributed by atoms with Crippen molar-refractivity contribution >= 4 is 15.0 Å². The summed E-state index contributed by atoms with van der Waals surface area (Å²) in [6.07, 6.45) is 4.27. The minimum absolute atomic E-state index is 0.283. The molecule has 0 aliphatic carbocycles. The van der Waals surface area contributed by atoms with Gasteiger partial charge in [-0.1, -0.05) is 13.0 Å². The van der Waals surface area contributed by atoms with Crippen molar-refractivity contribution in [1.29, 1.82) is 0 Å². The first-order valence-electron chi connectivity index (χ1n) is 5.98. The number of carbonyl (C=O) groups excluding carboxylic acids is 1. The van der Waals surface area contributed by atoms with Crippen LogP contribution in [0, 0.1) is 0 Å². The third-order valence-electron chi connectivity index (χ3n) is 2.07. The summed E-state index contributed by atoms with van der Waals surface area (Å²) in [6, 6.07) is 0. The molecule has 0 fully saturated rings. The van der Waals surface area contributed by atoms with Gasteiger partial charge < -0.3 is 9.16 Å². The molecule has 16 heavy (non-hydrogen) atoms. The van der Waals surface area contributed by atoms with Crippen LogP contribution in [-0.2, 0) is 14.0 Å². The van der Waals surface area contributed by atoms with Gasteiger partial charge in [0, 0.05) is 12.2 Å². The van der Waals surface area contributed by atoms with Crippen LogP contribution >= 0.6 is 0 Å². The molecule has 0 atom stereocenters. The minimum Gasteiger partial charge on any atom is -0.462 e. The van der Waals surface area contributed by atoms with Crippen LogP contribution in [-0.4, -0.2) is 28.2 Å². The van der Waals surface area contributed by atoms with Gasteiger partial charge in [-0.05, 0) is 39.3 Å². The maximum atomic E-state index is 11.0. The van der Waals surface area contributed by atoms with E-state index in [1.165, 1.54) is 0 Å². The van der Waals surface area contributed by atoms with Crippen molar-refractivity contribution in [2.75, 3.05) is 13.2 Å². The summed E-state index contributed by atoms with van der Waals surface area (Å²) in [5.41, 5.74) is 0.468. The van der Waals surface area contributed by atoms with Gasteiger partial charge in [0.05, 0.1) is 6.61 Å². The molecule has 3 nitrogen and oxygen atoms in total. The molecule has 0 saturated carbocycles. The fourth-order valence-corrected chi connectivity index (χ4v) is 1.80. The van der Waals surface area contributed by atoms with Crippen molar-refractivity contribution < 1.29 is 14.0 Å². The maximum absolute atomic E-state index is 11.0. The van der Waals surface area contributed by atoms with Crippen LogP contribution < -0.4 is 0 Å². The third-order valence-corrected chi connectivity index (χ3v) is 2.97. The van der Waals surface area contributed by atoms with Crippen molar-refractivity contribution in [3.63, 3.8) is 0 Å². The lowest BCUT2D eigenvalue weighted by Crippen LogP contribution is -2.08. The van der Waals surface area contributed by atoms with E-state index in [2.05, 4.69) is 19.7 Å². The second kappa shape index (κ2) is 9.60. The van der Waals surface area contributed by atoms with E-state index in [1.807, 2.05) is 0 Å². The Morgan fingerprint density at radius 3 is 2.19 bits per heavy atom. The zero-order valence-electron chi connectivity index (χ0n) is 10.8. The average Bonchev–Trinajstić information content (AvgIpc) is 2.21. The molecule has 0 rings (SSSR count). The zero-order chi connectivity index (χ0) is 12.4. The Hall–Kier alpha value is -0.613. The third kappa shape index (κ3) is 9.92. The van der Waals surface area contributed by atoms with Crippen LogP contribution in [0.25, 0.3) is 0 Å². The molecule has 0 bridgehead atoms. The molecule has 0 unspecified atom stereocenters. The number of hydrogen-bond acceptors (Lipinski definition) is 3. The number of carbonyl (C=O) groups is 1. The Morgan fingerprint density at radius 1 is 1.12 bits per heavy atom. The molecule has 0 amide bonds. The molecule has 0 aliphatic rings. The molecule has 0 N–H and O–H groups in total. The first-order valence-corrected chi connectivity index (χ1v) is 8.76. The fraction of sp³-hybridized carbons (Fsp3) is 0.750. The summed E-state index contributed by atoms with van der Waals surface area (Å²) < 4.78 is 10.5. The Balaban J connectivity index is 3.16. The highest BCUT2D eigenvalue weighted by Crippen LogP contribution is 2.02. The molecule has 0 saturated heterocycles. The topological polar surface area (TPSA) is 35.5 Å². The van der Waals surface area contributed by atoms with Crippen molar-refractivity contribution in [2.24, 2.45) is 0 Å². The van der Waals surface area contributed by atoms with Crippen molar-refractivity contribution in [2.45, 2.75) is 45.7 Å². The highest BCUT2D eigenvalue weighted by Gasteiger charge is 2.01. The molecule has 0 radical (unpaired) electrons. The summed E-state index contributed by atoms with van der Waals surface area (Å²) >= 11 is 0. The zero-order valence-corrected chi connectivity index (χ0v) is 11.9. The van der Waals surface area contributed by atoms with Crippen LogP contribution in [0.1, 0.15) is 32.6 Å². The van der Waals surface area contributed by atoms with Gasteiger partial charge >= 0.3 is 5.97 Å². The number of ether oxygens (including phenoxy) is 1. The Labute approximate surface area is 101 Å². The first kappa shape index (κ1) is 15.4. The van der Waals surface area contributed by atoms with Crippen molar-refractivity contribution in [1.82, 2.24) is 0 Å². The lowest BCUT2D eigenvalue weighted by molar-refractivity contribution is -0.139. The van der Waals surface area contributed by atoms with E-state index in [0.717, 1.165) is 32.3 Å².